The molecule has 0 radical (unpaired) electrons. The number of methoxy groups -OCH3 is 1. The van der Waals surface area contributed by atoms with Crippen LogP contribution in [0.4, 0.5) is 0 Å². The lowest BCUT2D eigenvalue weighted by Gasteiger charge is -2.08. The fourth-order valence-electron chi connectivity index (χ4n) is 2.65. The van der Waals surface area contributed by atoms with Crippen molar-refractivity contribution in [1.82, 2.24) is 15.6 Å². The minimum Gasteiger partial charge on any atom is -0.493 e. The molecule has 0 unspecified atom stereocenters. The van der Waals surface area contributed by atoms with Crippen LogP contribution in [-0.2, 0) is 6.61 Å². The first kappa shape index (κ1) is 22.8. The number of carbonyl (C=O) groups excluding carboxylic acids is 2. The number of halogens is 1. The molecule has 0 spiro atoms. The molecule has 2 amide bonds. The van der Waals surface area contributed by atoms with E-state index in [0.29, 0.717) is 47.3 Å². The normalized spacial score (nSPS) is 10.4. The molecule has 2 aromatic carbocycles. The Morgan fingerprint density at radius 3 is 2.39 bits per heavy atom. The number of thiazole rings is 1. The Hall–Kier alpha value is -2.91. The lowest BCUT2D eigenvalue weighted by Crippen LogP contribution is -2.30. The molecule has 2 N–H and O–H groups in total. The van der Waals surface area contributed by atoms with Crippen molar-refractivity contribution < 1.29 is 19.1 Å². The molecular weight excluding hydrogens is 482 g/mol. The van der Waals surface area contributed by atoms with Gasteiger partial charge in [-0.2, -0.15) is 0 Å². The summed E-state index contributed by atoms with van der Waals surface area (Å²) < 4.78 is 11.9. The lowest BCUT2D eigenvalue weighted by molar-refractivity contribution is 0.0948. The van der Waals surface area contributed by atoms with E-state index in [1.54, 1.807) is 24.6 Å². The molecule has 0 atom stereocenters. The van der Waals surface area contributed by atoms with E-state index in [4.69, 9.17) is 9.47 Å². The second-order valence-corrected chi connectivity index (χ2v) is 8.30. The summed E-state index contributed by atoms with van der Waals surface area (Å²) in [7, 11) is 1.58. The van der Waals surface area contributed by atoms with E-state index >= 15 is 0 Å². The molecule has 31 heavy (non-hydrogen) atoms. The molecule has 0 aliphatic heterocycles. The first-order valence-electron chi connectivity index (χ1n) is 9.59. The highest BCUT2D eigenvalue weighted by Gasteiger charge is 2.12. The summed E-state index contributed by atoms with van der Waals surface area (Å²) in [4.78, 5) is 28.6. The standard InChI is InChI=1S/C22H22BrN3O4S/c1-29-18-5-2-3-6-19(18)30-13-20-26-17(14-31-20)22(28)25-12-4-11-24-21(27)15-7-9-16(23)10-8-15/h2-3,5-10,14H,4,11-13H2,1H3,(H,24,27)(H,25,28). The number of ether oxygens (including phenoxy) is 2. The van der Waals surface area contributed by atoms with Crippen LogP contribution in [0.1, 0.15) is 32.3 Å². The maximum absolute atomic E-state index is 12.3. The zero-order chi connectivity index (χ0) is 22.1. The minimum atomic E-state index is -0.251. The largest absolute Gasteiger partial charge is 0.493 e. The van der Waals surface area contributed by atoms with Gasteiger partial charge in [-0.1, -0.05) is 28.1 Å². The van der Waals surface area contributed by atoms with E-state index in [2.05, 4.69) is 31.5 Å². The summed E-state index contributed by atoms with van der Waals surface area (Å²) in [6.45, 7) is 1.15. The fourth-order valence-corrected chi connectivity index (χ4v) is 3.59. The molecule has 0 saturated carbocycles. The molecule has 0 aliphatic rings. The van der Waals surface area contributed by atoms with Crippen molar-refractivity contribution in [2.75, 3.05) is 20.2 Å². The van der Waals surface area contributed by atoms with Crippen molar-refractivity contribution in [3.63, 3.8) is 0 Å². The summed E-state index contributed by atoms with van der Waals surface area (Å²) in [5, 5.41) is 8.04. The predicted molar refractivity (Wildman–Crippen MR) is 123 cm³/mol. The number of amides is 2. The van der Waals surface area contributed by atoms with Crippen LogP contribution < -0.4 is 20.1 Å². The number of hydrogen-bond acceptors (Lipinski definition) is 6. The third-order valence-corrected chi connectivity index (χ3v) is 5.59. The quantitative estimate of drug-likeness (QED) is 0.407. The molecule has 7 nitrogen and oxygen atoms in total. The van der Waals surface area contributed by atoms with Crippen molar-refractivity contribution in [1.29, 1.82) is 0 Å². The number of rotatable bonds is 10. The Bertz CT molecular complexity index is 1020. The number of carbonyl (C=O) groups is 2. The fraction of sp³-hybridized carbons (Fsp3) is 0.227. The monoisotopic (exact) mass is 503 g/mol. The van der Waals surface area contributed by atoms with E-state index in [1.807, 2.05) is 36.4 Å². The molecule has 3 aromatic rings. The summed E-state index contributed by atoms with van der Waals surface area (Å²) in [6.07, 6.45) is 0.613. The molecule has 162 valence electrons. The van der Waals surface area contributed by atoms with Gasteiger partial charge in [-0.3, -0.25) is 9.59 Å². The number of nitrogens with zero attached hydrogens (tertiary/aromatic N) is 1. The van der Waals surface area contributed by atoms with Crippen LogP contribution in [0, 0.1) is 0 Å². The Morgan fingerprint density at radius 2 is 1.68 bits per heavy atom. The second kappa shape index (κ2) is 11.5. The van der Waals surface area contributed by atoms with Crippen LogP contribution in [0.5, 0.6) is 11.5 Å². The first-order chi connectivity index (χ1) is 15.1. The first-order valence-corrected chi connectivity index (χ1v) is 11.3. The smallest absolute Gasteiger partial charge is 0.270 e. The predicted octanol–water partition coefficient (Wildman–Crippen LogP) is 4.04. The van der Waals surface area contributed by atoms with Gasteiger partial charge < -0.3 is 20.1 Å². The van der Waals surface area contributed by atoms with E-state index in [1.165, 1.54) is 11.3 Å². The van der Waals surface area contributed by atoms with Gasteiger partial charge in [-0.15, -0.1) is 11.3 Å². The van der Waals surface area contributed by atoms with Gasteiger partial charge in [-0.25, -0.2) is 4.98 Å². The van der Waals surface area contributed by atoms with Crippen molar-refractivity contribution in [2.24, 2.45) is 0 Å². The van der Waals surface area contributed by atoms with Crippen molar-refractivity contribution in [2.45, 2.75) is 13.0 Å². The highest BCUT2D eigenvalue weighted by Crippen LogP contribution is 2.27. The Balaban J connectivity index is 1.38. The highest BCUT2D eigenvalue weighted by atomic mass is 79.9. The van der Waals surface area contributed by atoms with Crippen molar-refractivity contribution >= 4 is 39.1 Å². The molecule has 0 bridgehead atoms. The molecule has 9 heteroatoms. The third kappa shape index (κ3) is 6.80. The summed E-state index contributed by atoms with van der Waals surface area (Å²) in [5.41, 5.74) is 0.945. The van der Waals surface area contributed by atoms with E-state index in [-0.39, 0.29) is 18.4 Å². The van der Waals surface area contributed by atoms with Crippen LogP contribution in [0.15, 0.2) is 58.4 Å². The van der Waals surface area contributed by atoms with Gasteiger partial charge in [0.25, 0.3) is 11.8 Å². The molecule has 0 fully saturated rings. The number of para-hydroxylation sites is 2. The number of hydrogen-bond donors (Lipinski definition) is 2. The second-order valence-electron chi connectivity index (χ2n) is 6.44. The lowest BCUT2D eigenvalue weighted by atomic mass is 10.2. The summed E-state index contributed by atoms with van der Waals surface area (Å²) >= 11 is 4.70. The van der Waals surface area contributed by atoms with Crippen LogP contribution in [0.2, 0.25) is 0 Å². The number of aromatic nitrogens is 1. The topological polar surface area (TPSA) is 89.6 Å². The van der Waals surface area contributed by atoms with Crippen LogP contribution in [-0.4, -0.2) is 37.0 Å². The molecule has 1 aromatic heterocycles. The van der Waals surface area contributed by atoms with E-state index in [0.717, 1.165) is 4.47 Å². The zero-order valence-electron chi connectivity index (χ0n) is 16.9. The average molecular weight is 504 g/mol. The highest BCUT2D eigenvalue weighted by molar-refractivity contribution is 9.10. The number of benzene rings is 2. The van der Waals surface area contributed by atoms with Gasteiger partial charge in [0.2, 0.25) is 0 Å². The van der Waals surface area contributed by atoms with E-state index < -0.39 is 0 Å². The average Bonchev–Trinajstić information content (AvgIpc) is 3.27. The number of nitrogens with one attached hydrogen (secondary N) is 2. The van der Waals surface area contributed by atoms with Gasteiger partial charge in [0.05, 0.1) is 7.11 Å². The molecule has 0 saturated heterocycles. The summed E-state index contributed by atoms with van der Waals surface area (Å²) in [5.74, 6) is 0.873. The van der Waals surface area contributed by atoms with Gasteiger partial charge >= 0.3 is 0 Å². The van der Waals surface area contributed by atoms with Gasteiger partial charge in [0.15, 0.2) is 11.5 Å². The van der Waals surface area contributed by atoms with Crippen molar-refractivity contribution in [3.05, 3.63) is 74.6 Å². The van der Waals surface area contributed by atoms with Gasteiger partial charge in [0, 0.05) is 28.5 Å². The van der Waals surface area contributed by atoms with Crippen LogP contribution in [0.3, 0.4) is 0 Å². The van der Waals surface area contributed by atoms with E-state index in [9.17, 15) is 9.59 Å². The third-order valence-electron chi connectivity index (χ3n) is 4.24. The summed E-state index contributed by atoms with van der Waals surface area (Å²) in [6, 6.07) is 14.5. The molecule has 3 rings (SSSR count). The Morgan fingerprint density at radius 1 is 1.00 bits per heavy atom. The maximum atomic E-state index is 12.3. The minimum absolute atomic E-state index is 0.141. The van der Waals surface area contributed by atoms with Gasteiger partial charge in [0.1, 0.15) is 17.3 Å². The van der Waals surface area contributed by atoms with Crippen LogP contribution in [0.25, 0.3) is 0 Å². The maximum Gasteiger partial charge on any atom is 0.270 e. The Kier molecular flexibility index (Phi) is 8.43. The molecule has 0 aliphatic carbocycles. The SMILES string of the molecule is COc1ccccc1OCc1nc(C(=O)NCCCNC(=O)c2ccc(Br)cc2)cs1. The van der Waals surface area contributed by atoms with Crippen LogP contribution >= 0.6 is 27.3 Å². The molecule has 1 heterocycles. The zero-order valence-corrected chi connectivity index (χ0v) is 19.3. The van der Waals surface area contributed by atoms with Gasteiger partial charge in [-0.05, 0) is 42.8 Å². The molecular formula is C22H22BrN3O4S. The van der Waals surface area contributed by atoms with Crippen molar-refractivity contribution in [3.8, 4) is 11.5 Å². The Labute approximate surface area is 192 Å².